The molecule has 2 aliphatic rings. The minimum Gasteiger partial charge on any atom is -0.392 e. The molecule has 2 saturated carbocycles. The maximum Gasteiger partial charge on any atom is 0.0615 e. The smallest absolute Gasteiger partial charge is 0.0615 e. The number of allylic oxidation sites excluding steroid dienone is 1. The number of aliphatic hydroxyl groups excluding tert-OH is 2. The van der Waals surface area contributed by atoms with Crippen molar-refractivity contribution in [2.24, 2.45) is 22.7 Å². The van der Waals surface area contributed by atoms with E-state index in [2.05, 4.69) is 34.3 Å². The van der Waals surface area contributed by atoms with Gasteiger partial charge in [-0.15, -0.1) is 0 Å². The van der Waals surface area contributed by atoms with Crippen LogP contribution in [0.25, 0.3) is 0 Å². The number of aliphatic hydroxyl groups is 2. The molecule has 2 N–H and O–H groups in total. The van der Waals surface area contributed by atoms with Gasteiger partial charge >= 0.3 is 0 Å². The van der Waals surface area contributed by atoms with Crippen molar-refractivity contribution in [3.8, 4) is 0 Å². The first kappa shape index (κ1) is 17.7. The Morgan fingerprint density at radius 1 is 1.32 bits per heavy atom. The molecule has 0 bridgehead atoms. The van der Waals surface area contributed by atoms with Gasteiger partial charge in [0.25, 0.3) is 0 Å². The summed E-state index contributed by atoms with van der Waals surface area (Å²) in [6.45, 7) is 13.6. The van der Waals surface area contributed by atoms with Gasteiger partial charge in [-0.25, -0.2) is 0 Å². The average Bonchev–Trinajstić information content (AvgIpc) is 2.36. The monoisotopic (exact) mass is 306 g/mol. The normalized spacial score (nSPS) is 38.7. The van der Waals surface area contributed by atoms with E-state index in [-0.39, 0.29) is 23.5 Å². The molecule has 0 aliphatic heterocycles. The molecule has 0 saturated heterocycles. The third-order valence-corrected chi connectivity index (χ3v) is 6.50. The van der Waals surface area contributed by atoms with E-state index in [1.54, 1.807) is 0 Å². The van der Waals surface area contributed by atoms with Gasteiger partial charge in [0.05, 0.1) is 12.7 Å². The first-order valence-electron chi connectivity index (χ1n) is 8.84. The Hall–Kier alpha value is -0.600. The van der Waals surface area contributed by atoms with Crippen LogP contribution in [0.2, 0.25) is 0 Å². The van der Waals surface area contributed by atoms with Gasteiger partial charge in [0.1, 0.15) is 0 Å². The largest absolute Gasteiger partial charge is 0.392 e. The zero-order valence-corrected chi connectivity index (χ0v) is 14.9. The van der Waals surface area contributed by atoms with Crippen LogP contribution in [0.3, 0.4) is 0 Å². The highest BCUT2D eigenvalue weighted by Gasteiger charge is 2.56. The third kappa shape index (κ3) is 3.19. The maximum absolute atomic E-state index is 10.7. The molecule has 0 amide bonds. The first-order chi connectivity index (χ1) is 10.2. The fourth-order valence-electron chi connectivity index (χ4n) is 5.64. The predicted octanol–water partition coefficient (Wildman–Crippen LogP) is 4.47. The fourth-order valence-corrected chi connectivity index (χ4v) is 5.64. The molecule has 126 valence electrons. The highest BCUT2D eigenvalue weighted by atomic mass is 16.3. The fraction of sp³-hybridized carbons (Fsp3) is 0.800. The Kier molecular flexibility index (Phi) is 5.23. The molecule has 2 nitrogen and oxygen atoms in total. The van der Waals surface area contributed by atoms with Gasteiger partial charge in [0, 0.05) is 0 Å². The first-order valence-corrected chi connectivity index (χ1v) is 8.84. The molecule has 4 atom stereocenters. The van der Waals surface area contributed by atoms with Gasteiger partial charge in [0.15, 0.2) is 0 Å². The highest BCUT2D eigenvalue weighted by molar-refractivity contribution is 5.19. The lowest BCUT2D eigenvalue weighted by molar-refractivity contribution is -0.121. The molecule has 22 heavy (non-hydrogen) atoms. The molecule has 2 heteroatoms. The summed E-state index contributed by atoms with van der Waals surface area (Å²) in [6, 6.07) is 0. The maximum atomic E-state index is 10.7. The molecule has 0 aromatic heterocycles. The summed E-state index contributed by atoms with van der Waals surface area (Å²) in [5.41, 5.74) is 2.87. The standard InChI is InChI=1S/C20H34O2/c1-14(9-12-21)7-8-16-15(2)13-17(22)18-19(3,4)10-6-11-20(16,18)5/h9,16-18,21-22H,2,6-8,10-13H2,1,3-5H3. The quantitative estimate of drug-likeness (QED) is 0.752. The van der Waals surface area contributed by atoms with Crippen LogP contribution in [0.5, 0.6) is 0 Å². The van der Waals surface area contributed by atoms with E-state index in [1.807, 2.05) is 6.08 Å². The Bertz CT molecular complexity index is 449. The van der Waals surface area contributed by atoms with Crippen molar-refractivity contribution in [1.29, 1.82) is 0 Å². The van der Waals surface area contributed by atoms with Gasteiger partial charge in [0.2, 0.25) is 0 Å². The summed E-state index contributed by atoms with van der Waals surface area (Å²) in [6.07, 6.45) is 8.21. The van der Waals surface area contributed by atoms with Crippen LogP contribution in [0.4, 0.5) is 0 Å². The summed E-state index contributed by atoms with van der Waals surface area (Å²) in [7, 11) is 0. The summed E-state index contributed by atoms with van der Waals surface area (Å²) in [5, 5.41) is 19.8. The average molecular weight is 306 g/mol. The summed E-state index contributed by atoms with van der Waals surface area (Å²) in [4.78, 5) is 0. The van der Waals surface area contributed by atoms with Crippen molar-refractivity contribution in [3.63, 3.8) is 0 Å². The second-order valence-electron chi connectivity index (χ2n) is 8.58. The molecule has 0 heterocycles. The number of hydrogen-bond donors (Lipinski definition) is 2. The van der Waals surface area contributed by atoms with Crippen LogP contribution in [-0.4, -0.2) is 22.9 Å². The number of hydrogen-bond acceptors (Lipinski definition) is 2. The minimum atomic E-state index is -0.238. The van der Waals surface area contributed by atoms with Gasteiger partial charge < -0.3 is 10.2 Å². The summed E-state index contributed by atoms with van der Waals surface area (Å²) < 4.78 is 0. The van der Waals surface area contributed by atoms with Gasteiger partial charge in [-0.05, 0) is 61.7 Å². The van der Waals surface area contributed by atoms with E-state index in [4.69, 9.17) is 5.11 Å². The molecule has 0 aromatic carbocycles. The minimum absolute atomic E-state index is 0.128. The Morgan fingerprint density at radius 2 is 2.00 bits per heavy atom. The SMILES string of the molecule is C=C1CC(O)C2C(C)(C)CCCC2(C)C1CCC(C)=CCO. The van der Waals surface area contributed by atoms with Crippen molar-refractivity contribution in [2.75, 3.05) is 6.61 Å². The molecular formula is C20H34O2. The van der Waals surface area contributed by atoms with Crippen molar-refractivity contribution in [2.45, 2.75) is 72.3 Å². The lowest BCUT2D eigenvalue weighted by Gasteiger charge is -2.59. The topological polar surface area (TPSA) is 40.5 Å². The van der Waals surface area contributed by atoms with Crippen molar-refractivity contribution in [3.05, 3.63) is 23.8 Å². The Morgan fingerprint density at radius 3 is 2.64 bits per heavy atom. The molecule has 2 aliphatic carbocycles. The van der Waals surface area contributed by atoms with E-state index >= 15 is 0 Å². The van der Waals surface area contributed by atoms with E-state index < -0.39 is 0 Å². The molecular weight excluding hydrogens is 272 g/mol. The van der Waals surface area contributed by atoms with E-state index in [9.17, 15) is 5.11 Å². The van der Waals surface area contributed by atoms with E-state index in [1.165, 1.54) is 30.4 Å². The van der Waals surface area contributed by atoms with Gasteiger partial charge in [-0.1, -0.05) is 51.0 Å². The van der Waals surface area contributed by atoms with Crippen LogP contribution in [0, 0.1) is 22.7 Å². The molecule has 0 aromatic rings. The second-order valence-corrected chi connectivity index (χ2v) is 8.58. The van der Waals surface area contributed by atoms with Crippen LogP contribution in [0.15, 0.2) is 23.8 Å². The van der Waals surface area contributed by atoms with Gasteiger partial charge in [-0.3, -0.25) is 0 Å². The van der Waals surface area contributed by atoms with E-state index in [0.29, 0.717) is 11.8 Å². The van der Waals surface area contributed by atoms with Crippen LogP contribution in [0.1, 0.15) is 66.2 Å². The molecule has 0 radical (unpaired) electrons. The zero-order valence-electron chi connectivity index (χ0n) is 14.9. The van der Waals surface area contributed by atoms with Crippen molar-refractivity contribution >= 4 is 0 Å². The summed E-state index contributed by atoms with van der Waals surface area (Å²) in [5.74, 6) is 0.855. The van der Waals surface area contributed by atoms with Crippen LogP contribution >= 0.6 is 0 Å². The third-order valence-electron chi connectivity index (χ3n) is 6.50. The summed E-state index contributed by atoms with van der Waals surface area (Å²) >= 11 is 0. The van der Waals surface area contributed by atoms with Crippen LogP contribution < -0.4 is 0 Å². The lowest BCUT2D eigenvalue weighted by atomic mass is 9.46. The predicted molar refractivity (Wildman–Crippen MR) is 92.6 cm³/mol. The van der Waals surface area contributed by atoms with Crippen LogP contribution in [-0.2, 0) is 0 Å². The molecule has 2 fully saturated rings. The second kappa shape index (κ2) is 6.49. The highest BCUT2D eigenvalue weighted by Crippen LogP contribution is 2.61. The zero-order chi connectivity index (χ0) is 16.5. The van der Waals surface area contributed by atoms with Gasteiger partial charge in [-0.2, -0.15) is 0 Å². The molecule has 4 unspecified atom stereocenters. The molecule has 0 spiro atoms. The number of rotatable bonds is 4. The molecule has 2 rings (SSSR count). The Labute approximate surface area is 136 Å². The van der Waals surface area contributed by atoms with Crippen molar-refractivity contribution < 1.29 is 10.2 Å². The van der Waals surface area contributed by atoms with E-state index in [0.717, 1.165) is 19.3 Å². The number of fused-ring (bicyclic) bond motifs is 1. The van der Waals surface area contributed by atoms with Crippen molar-refractivity contribution in [1.82, 2.24) is 0 Å². The Balaban J connectivity index is 2.24. The lowest BCUT2D eigenvalue weighted by Crippen LogP contribution is -2.55.